The van der Waals surface area contributed by atoms with Gasteiger partial charge in [0.25, 0.3) is 0 Å². The predicted molar refractivity (Wildman–Crippen MR) is 102 cm³/mol. The number of hydrazone groups is 1. The number of para-hydroxylation sites is 1. The van der Waals surface area contributed by atoms with E-state index in [2.05, 4.69) is 20.1 Å². The molecular weight excluding hydrogens is 312 g/mol. The molecule has 4 rings (SSSR count). The number of aromatic nitrogens is 2. The second kappa shape index (κ2) is 6.28. The summed E-state index contributed by atoms with van der Waals surface area (Å²) in [5, 5.41) is 6.55. The Balaban J connectivity index is 1.61. The van der Waals surface area contributed by atoms with Gasteiger partial charge in [-0.05, 0) is 36.4 Å². The number of ether oxygens (including phenoxy) is 1. The van der Waals surface area contributed by atoms with Crippen molar-refractivity contribution in [3.63, 3.8) is 0 Å². The molecule has 0 saturated heterocycles. The topological polar surface area (TPSA) is 51.4 Å². The van der Waals surface area contributed by atoms with Crippen LogP contribution < -0.4 is 10.2 Å². The number of nitrogens with zero attached hydrogens (tertiary/aromatic N) is 3. The van der Waals surface area contributed by atoms with Crippen molar-refractivity contribution < 1.29 is 4.74 Å². The number of benzene rings is 2. The molecule has 0 spiro atoms. The summed E-state index contributed by atoms with van der Waals surface area (Å²) in [5.74, 6) is 1.55. The van der Waals surface area contributed by atoms with Crippen molar-refractivity contribution in [2.24, 2.45) is 12.1 Å². The molecule has 2 aromatic heterocycles. The Bertz CT molecular complexity index is 1080. The van der Waals surface area contributed by atoms with E-state index in [-0.39, 0.29) is 0 Å². The number of hydrogen-bond donors (Lipinski definition) is 1. The predicted octanol–water partition coefficient (Wildman–Crippen LogP) is 4.18. The van der Waals surface area contributed by atoms with Crippen LogP contribution in [0.4, 0.5) is 5.82 Å². The normalized spacial score (nSPS) is 11.4. The van der Waals surface area contributed by atoms with E-state index in [0.717, 1.165) is 33.1 Å². The highest BCUT2D eigenvalue weighted by Crippen LogP contribution is 2.24. The molecule has 124 valence electrons. The van der Waals surface area contributed by atoms with E-state index in [1.807, 2.05) is 67.8 Å². The van der Waals surface area contributed by atoms with Gasteiger partial charge in [0.15, 0.2) is 0 Å². The number of nitrogens with one attached hydrogen (secondary N) is 1. The second-order valence-corrected chi connectivity index (χ2v) is 5.84. The van der Waals surface area contributed by atoms with E-state index in [1.54, 1.807) is 13.3 Å². The highest BCUT2D eigenvalue weighted by Gasteiger charge is 2.06. The largest absolute Gasteiger partial charge is 0.497 e. The van der Waals surface area contributed by atoms with Gasteiger partial charge in [0.1, 0.15) is 11.6 Å². The lowest BCUT2D eigenvalue weighted by Crippen LogP contribution is -1.93. The Labute approximate surface area is 145 Å². The summed E-state index contributed by atoms with van der Waals surface area (Å²) >= 11 is 0. The highest BCUT2D eigenvalue weighted by molar-refractivity contribution is 6.00. The molecule has 25 heavy (non-hydrogen) atoms. The van der Waals surface area contributed by atoms with Crippen molar-refractivity contribution >= 4 is 33.8 Å². The van der Waals surface area contributed by atoms with Gasteiger partial charge in [-0.25, -0.2) is 4.98 Å². The Morgan fingerprint density at radius 3 is 2.88 bits per heavy atom. The summed E-state index contributed by atoms with van der Waals surface area (Å²) < 4.78 is 7.40. The van der Waals surface area contributed by atoms with Gasteiger partial charge in [0.05, 0.1) is 18.8 Å². The minimum Gasteiger partial charge on any atom is -0.497 e. The number of aryl methyl sites for hydroxylation is 1. The van der Waals surface area contributed by atoms with E-state index in [9.17, 15) is 0 Å². The molecule has 0 aliphatic rings. The van der Waals surface area contributed by atoms with Crippen LogP contribution in [-0.4, -0.2) is 22.9 Å². The van der Waals surface area contributed by atoms with Crippen LogP contribution in [0.3, 0.4) is 0 Å². The molecule has 0 aliphatic heterocycles. The summed E-state index contributed by atoms with van der Waals surface area (Å²) in [6.07, 6.45) is 3.85. The Kier molecular flexibility index (Phi) is 3.82. The molecule has 0 unspecified atom stereocenters. The van der Waals surface area contributed by atoms with Crippen molar-refractivity contribution in [3.05, 3.63) is 66.4 Å². The Hall–Kier alpha value is -3.34. The van der Waals surface area contributed by atoms with E-state index < -0.39 is 0 Å². The number of hydrogen-bond acceptors (Lipinski definition) is 4. The Morgan fingerprint density at radius 2 is 2.00 bits per heavy atom. The maximum atomic E-state index is 5.32. The number of fused-ring (bicyclic) bond motifs is 2. The van der Waals surface area contributed by atoms with E-state index >= 15 is 0 Å². The third-order valence-corrected chi connectivity index (χ3v) is 4.21. The van der Waals surface area contributed by atoms with E-state index in [4.69, 9.17) is 4.74 Å². The van der Waals surface area contributed by atoms with Gasteiger partial charge in [0.2, 0.25) is 0 Å². The number of methoxy groups -OCH3 is 1. The van der Waals surface area contributed by atoms with Crippen LogP contribution in [0.1, 0.15) is 5.56 Å². The summed E-state index contributed by atoms with van der Waals surface area (Å²) in [7, 11) is 3.69. The number of rotatable bonds is 4. The van der Waals surface area contributed by atoms with E-state index in [0.29, 0.717) is 5.82 Å². The molecule has 2 heterocycles. The van der Waals surface area contributed by atoms with Crippen molar-refractivity contribution in [2.45, 2.75) is 0 Å². The fraction of sp³-hybridized carbons (Fsp3) is 0.100. The molecular formula is C20H18N4O. The van der Waals surface area contributed by atoms with Crippen molar-refractivity contribution in [1.82, 2.24) is 9.55 Å². The SMILES string of the molecule is COc1ccc2c(c1)c(/C=N/Nc1ccc3ccccc3n1)cn2C. The first-order valence-corrected chi connectivity index (χ1v) is 8.02. The summed E-state index contributed by atoms with van der Waals surface area (Å²) in [4.78, 5) is 4.55. The third kappa shape index (κ3) is 2.92. The lowest BCUT2D eigenvalue weighted by molar-refractivity contribution is 0.415. The molecule has 2 aromatic carbocycles. The monoisotopic (exact) mass is 330 g/mol. The fourth-order valence-corrected chi connectivity index (χ4v) is 2.93. The zero-order valence-corrected chi connectivity index (χ0v) is 14.1. The summed E-state index contributed by atoms with van der Waals surface area (Å²) in [5.41, 5.74) is 6.10. The molecule has 0 aliphatic carbocycles. The molecule has 0 atom stereocenters. The lowest BCUT2D eigenvalue weighted by Gasteiger charge is -2.02. The molecule has 0 saturated carbocycles. The lowest BCUT2D eigenvalue weighted by atomic mass is 10.2. The second-order valence-electron chi connectivity index (χ2n) is 5.84. The average Bonchev–Trinajstić information content (AvgIpc) is 2.97. The van der Waals surface area contributed by atoms with Gasteiger partial charge in [-0.1, -0.05) is 18.2 Å². The third-order valence-electron chi connectivity index (χ3n) is 4.21. The molecule has 5 nitrogen and oxygen atoms in total. The van der Waals surface area contributed by atoms with Gasteiger partial charge in [0, 0.05) is 35.1 Å². The number of anilines is 1. The fourth-order valence-electron chi connectivity index (χ4n) is 2.93. The average molecular weight is 330 g/mol. The standard InChI is InChI=1S/C20H18N4O/c1-24-13-15(17-11-16(25-2)8-9-19(17)24)12-21-23-20-10-7-14-5-3-4-6-18(14)22-20/h3-13H,1-2H3,(H,22,23)/b21-12+. The first-order chi connectivity index (χ1) is 12.2. The maximum absolute atomic E-state index is 5.32. The molecule has 4 aromatic rings. The zero-order valence-electron chi connectivity index (χ0n) is 14.1. The van der Waals surface area contributed by atoms with Crippen LogP contribution in [0.25, 0.3) is 21.8 Å². The van der Waals surface area contributed by atoms with Gasteiger partial charge >= 0.3 is 0 Å². The van der Waals surface area contributed by atoms with Gasteiger partial charge in [-0.15, -0.1) is 0 Å². The summed E-state index contributed by atoms with van der Waals surface area (Å²) in [6.45, 7) is 0. The van der Waals surface area contributed by atoms with Crippen LogP contribution in [0.15, 0.2) is 65.9 Å². The van der Waals surface area contributed by atoms with Crippen LogP contribution >= 0.6 is 0 Å². The molecule has 0 fully saturated rings. The zero-order chi connectivity index (χ0) is 17.2. The molecule has 0 radical (unpaired) electrons. The number of pyridine rings is 1. The first-order valence-electron chi connectivity index (χ1n) is 8.02. The van der Waals surface area contributed by atoms with Gasteiger partial charge in [-0.3, -0.25) is 5.43 Å². The molecule has 0 amide bonds. The highest BCUT2D eigenvalue weighted by atomic mass is 16.5. The van der Waals surface area contributed by atoms with E-state index in [1.165, 1.54) is 0 Å². The van der Waals surface area contributed by atoms with Gasteiger partial charge in [-0.2, -0.15) is 5.10 Å². The van der Waals surface area contributed by atoms with Crippen molar-refractivity contribution in [2.75, 3.05) is 12.5 Å². The van der Waals surface area contributed by atoms with Crippen LogP contribution in [-0.2, 0) is 7.05 Å². The van der Waals surface area contributed by atoms with Gasteiger partial charge < -0.3 is 9.30 Å². The van der Waals surface area contributed by atoms with Crippen molar-refractivity contribution in [3.8, 4) is 5.75 Å². The van der Waals surface area contributed by atoms with Crippen molar-refractivity contribution in [1.29, 1.82) is 0 Å². The molecule has 0 bridgehead atoms. The van der Waals surface area contributed by atoms with Crippen LogP contribution in [0.5, 0.6) is 5.75 Å². The smallest absolute Gasteiger partial charge is 0.146 e. The Morgan fingerprint density at radius 1 is 1.12 bits per heavy atom. The minimum absolute atomic E-state index is 0.716. The molecule has 5 heteroatoms. The summed E-state index contributed by atoms with van der Waals surface area (Å²) in [6, 6.07) is 18.0. The minimum atomic E-state index is 0.716. The van der Waals surface area contributed by atoms with Crippen LogP contribution in [0.2, 0.25) is 0 Å². The van der Waals surface area contributed by atoms with Crippen LogP contribution in [0, 0.1) is 0 Å². The molecule has 1 N–H and O–H groups in total. The first kappa shape index (κ1) is 15.2. The quantitative estimate of drug-likeness (QED) is 0.451. The maximum Gasteiger partial charge on any atom is 0.146 e.